The number of carbonyl (C=O) groups is 1. The molecule has 1 aromatic heterocycles. The lowest BCUT2D eigenvalue weighted by Gasteiger charge is -2.00. The van der Waals surface area contributed by atoms with Crippen LogP contribution in [0.4, 0.5) is 0 Å². The van der Waals surface area contributed by atoms with Crippen LogP contribution in [0, 0.1) is 0 Å². The molecule has 0 aliphatic carbocycles. The lowest BCUT2D eigenvalue weighted by Crippen LogP contribution is -1.99. The van der Waals surface area contributed by atoms with Gasteiger partial charge in [0.2, 0.25) is 0 Å². The molecule has 0 unspecified atom stereocenters. The van der Waals surface area contributed by atoms with Crippen molar-refractivity contribution < 1.29 is 4.79 Å². The summed E-state index contributed by atoms with van der Waals surface area (Å²) in [5.41, 5.74) is 1.75. The van der Waals surface area contributed by atoms with Crippen molar-refractivity contribution in [3.63, 3.8) is 0 Å². The number of carbonyl (C=O) groups excluding carboxylic acids is 1. The number of aromatic nitrogens is 2. The van der Waals surface area contributed by atoms with Gasteiger partial charge in [-0.15, -0.1) is 11.6 Å². The molecule has 1 aromatic carbocycles. The second kappa shape index (κ2) is 5.19. The molecular formula is C12H13ClN2O2. The molecule has 2 rings (SSSR count). The van der Waals surface area contributed by atoms with E-state index in [0.717, 1.165) is 12.8 Å². The van der Waals surface area contributed by atoms with E-state index < -0.39 is 0 Å². The smallest absolute Gasteiger partial charge is 0.306 e. The van der Waals surface area contributed by atoms with Gasteiger partial charge < -0.3 is 9.97 Å². The van der Waals surface area contributed by atoms with Crippen molar-refractivity contribution in [3.8, 4) is 0 Å². The van der Waals surface area contributed by atoms with E-state index in [-0.39, 0.29) is 11.5 Å². The molecule has 0 radical (unpaired) electrons. The zero-order chi connectivity index (χ0) is 12.3. The Labute approximate surface area is 103 Å². The highest BCUT2D eigenvalue weighted by Gasteiger charge is 2.07. The first-order valence-corrected chi connectivity index (χ1v) is 6.05. The molecule has 0 fully saturated rings. The molecule has 0 saturated carbocycles. The third kappa shape index (κ3) is 2.77. The summed E-state index contributed by atoms with van der Waals surface area (Å²) in [6.45, 7) is 0. The number of hydrogen-bond acceptors (Lipinski definition) is 2. The molecule has 1 heterocycles. The van der Waals surface area contributed by atoms with Crippen LogP contribution in [0.5, 0.6) is 0 Å². The maximum Gasteiger partial charge on any atom is 0.323 e. The summed E-state index contributed by atoms with van der Waals surface area (Å²) < 4.78 is 0. The van der Waals surface area contributed by atoms with Crippen LogP contribution in [0.1, 0.15) is 29.6 Å². The van der Waals surface area contributed by atoms with Crippen LogP contribution in [0.25, 0.3) is 11.0 Å². The number of imidazole rings is 1. The second-order valence-electron chi connectivity index (χ2n) is 3.91. The fourth-order valence-corrected chi connectivity index (χ4v) is 1.92. The van der Waals surface area contributed by atoms with Crippen LogP contribution >= 0.6 is 11.6 Å². The number of alkyl halides is 1. The van der Waals surface area contributed by atoms with Crippen LogP contribution in [0.3, 0.4) is 0 Å². The Morgan fingerprint density at radius 3 is 2.71 bits per heavy atom. The van der Waals surface area contributed by atoms with Gasteiger partial charge in [0.05, 0.1) is 11.0 Å². The van der Waals surface area contributed by atoms with E-state index in [1.165, 1.54) is 0 Å². The second-order valence-corrected chi connectivity index (χ2v) is 4.29. The van der Waals surface area contributed by atoms with E-state index >= 15 is 0 Å². The van der Waals surface area contributed by atoms with Gasteiger partial charge in [-0.1, -0.05) is 0 Å². The summed E-state index contributed by atoms with van der Waals surface area (Å²) in [6, 6.07) is 5.17. The van der Waals surface area contributed by atoms with Gasteiger partial charge >= 0.3 is 5.69 Å². The highest BCUT2D eigenvalue weighted by Crippen LogP contribution is 2.13. The first-order chi connectivity index (χ1) is 8.20. The van der Waals surface area contributed by atoms with Gasteiger partial charge in [-0.05, 0) is 31.0 Å². The number of H-pyrrole nitrogens is 2. The number of Topliss-reactive ketones (excluding diaryl/α,β-unsaturated/α-hetero) is 1. The number of ketones is 1. The topological polar surface area (TPSA) is 65.7 Å². The number of halogens is 1. The van der Waals surface area contributed by atoms with Gasteiger partial charge in [0.25, 0.3) is 0 Å². The molecular weight excluding hydrogens is 240 g/mol. The Bertz CT molecular complexity index is 585. The minimum atomic E-state index is -0.258. The Kier molecular flexibility index (Phi) is 3.64. The molecule has 0 aliphatic heterocycles. The van der Waals surface area contributed by atoms with Crippen LogP contribution in [-0.4, -0.2) is 21.6 Å². The van der Waals surface area contributed by atoms with Gasteiger partial charge in [0.15, 0.2) is 5.78 Å². The number of aromatic amines is 2. The molecule has 0 atom stereocenters. The largest absolute Gasteiger partial charge is 0.323 e. The van der Waals surface area contributed by atoms with Crippen molar-refractivity contribution in [3.05, 3.63) is 34.2 Å². The first kappa shape index (κ1) is 11.9. The fraction of sp³-hybridized carbons (Fsp3) is 0.333. The lowest BCUT2D eigenvalue weighted by atomic mass is 10.1. The molecule has 0 aliphatic rings. The minimum Gasteiger partial charge on any atom is -0.306 e. The standard InChI is InChI=1S/C12H13ClN2O2/c13-6-2-1-3-11(16)8-4-5-9-10(7-8)15-12(17)14-9/h4-5,7H,1-3,6H2,(H2,14,15,17). The molecule has 5 heteroatoms. The van der Waals surface area contributed by atoms with E-state index in [0.29, 0.717) is 28.9 Å². The predicted molar refractivity (Wildman–Crippen MR) is 67.8 cm³/mol. The summed E-state index contributed by atoms with van der Waals surface area (Å²) >= 11 is 5.56. The molecule has 0 saturated heterocycles. The molecule has 2 aromatic rings. The van der Waals surface area contributed by atoms with Crippen molar-refractivity contribution in [2.45, 2.75) is 19.3 Å². The highest BCUT2D eigenvalue weighted by molar-refractivity contribution is 6.17. The fourth-order valence-electron chi connectivity index (χ4n) is 1.73. The van der Waals surface area contributed by atoms with Crippen LogP contribution in [0.15, 0.2) is 23.0 Å². The molecule has 0 spiro atoms. The molecule has 0 bridgehead atoms. The molecule has 4 nitrogen and oxygen atoms in total. The SMILES string of the molecule is O=C(CCCCCl)c1ccc2[nH]c(=O)[nH]c2c1. The highest BCUT2D eigenvalue weighted by atomic mass is 35.5. The Hall–Kier alpha value is -1.55. The number of hydrogen-bond donors (Lipinski definition) is 2. The van der Waals surface area contributed by atoms with E-state index in [1.54, 1.807) is 18.2 Å². The van der Waals surface area contributed by atoms with Crippen molar-refractivity contribution in [2.75, 3.05) is 5.88 Å². The average Bonchev–Trinajstić information content (AvgIpc) is 2.68. The summed E-state index contributed by atoms with van der Waals surface area (Å²) in [7, 11) is 0. The summed E-state index contributed by atoms with van der Waals surface area (Å²) in [5.74, 6) is 0.663. The van der Waals surface area contributed by atoms with Gasteiger partial charge in [0.1, 0.15) is 0 Å². The van der Waals surface area contributed by atoms with Crippen molar-refractivity contribution in [2.24, 2.45) is 0 Å². The summed E-state index contributed by atoms with van der Waals surface area (Å²) in [4.78, 5) is 28.2. The van der Waals surface area contributed by atoms with Crippen molar-refractivity contribution in [1.29, 1.82) is 0 Å². The van der Waals surface area contributed by atoms with Gasteiger partial charge in [-0.25, -0.2) is 4.79 Å². The van der Waals surface area contributed by atoms with Crippen LogP contribution in [0.2, 0.25) is 0 Å². The number of fused-ring (bicyclic) bond motifs is 1. The van der Waals surface area contributed by atoms with E-state index in [1.807, 2.05) is 0 Å². The Morgan fingerprint density at radius 2 is 1.94 bits per heavy atom. The maximum absolute atomic E-state index is 11.8. The molecule has 17 heavy (non-hydrogen) atoms. The van der Waals surface area contributed by atoms with Crippen LogP contribution < -0.4 is 5.69 Å². The maximum atomic E-state index is 11.8. The Morgan fingerprint density at radius 1 is 1.18 bits per heavy atom. The van der Waals surface area contributed by atoms with Gasteiger partial charge in [-0.3, -0.25) is 4.79 Å². The first-order valence-electron chi connectivity index (χ1n) is 5.52. The van der Waals surface area contributed by atoms with Crippen molar-refractivity contribution >= 4 is 28.4 Å². The number of benzene rings is 1. The van der Waals surface area contributed by atoms with Gasteiger partial charge in [0, 0.05) is 17.9 Å². The minimum absolute atomic E-state index is 0.0825. The summed E-state index contributed by atoms with van der Waals surface area (Å²) in [5, 5.41) is 0. The zero-order valence-electron chi connectivity index (χ0n) is 9.25. The quantitative estimate of drug-likeness (QED) is 0.488. The third-order valence-corrected chi connectivity index (χ3v) is 2.89. The van der Waals surface area contributed by atoms with Gasteiger partial charge in [-0.2, -0.15) is 0 Å². The number of unbranched alkanes of at least 4 members (excludes halogenated alkanes) is 1. The average molecular weight is 253 g/mol. The normalized spacial score (nSPS) is 10.9. The molecule has 0 amide bonds. The van der Waals surface area contributed by atoms with E-state index in [2.05, 4.69) is 9.97 Å². The monoisotopic (exact) mass is 252 g/mol. The van der Waals surface area contributed by atoms with Crippen molar-refractivity contribution in [1.82, 2.24) is 9.97 Å². The molecule has 90 valence electrons. The zero-order valence-corrected chi connectivity index (χ0v) is 10.0. The van der Waals surface area contributed by atoms with Crippen LogP contribution in [-0.2, 0) is 0 Å². The number of rotatable bonds is 5. The van der Waals surface area contributed by atoms with E-state index in [9.17, 15) is 9.59 Å². The molecule has 2 N–H and O–H groups in total. The third-order valence-electron chi connectivity index (χ3n) is 2.63. The Balaban J connectivity index is 2.17. The lowest BCUT2D eigenvalue weighted by molar-refractivity contribution is 0.0980. The predicted octanol–water partition coefficient (Wildman–Crippen LogP) is 2.45. The summed E-state index contributed by atoms with van der Waals surface area (Å²) in [6.07, 6.45) is 2.13. The van der Waals surface area contributed by atoms with E-state index in [4.69, 9.17) is 11.6 Å². The number of nitrogens with one attached hydrogen (secondary N) is 2.